The number of aliphatic carboxylic acids is 1. The van der Waals surface area contributed by atoms with Gasteiger partial charge in [-0.05, 0) is 80.1 Å². The molecule has 0 amide bonds. The molecule has 3 aromatic carbocycles. The van der Waals surface area contributed by atoms with Crippen LogP contribution in [0.1, 0.15) is 19.4 Å². The van der Waals surface area contributed by atoms with Crippen molar-refractivity contribution in [3.8, 4) is 11.5 Å². The first-order valence-electron chi connectivity index (χ1n) is 9.73. The SMILES string of the molecule is CC(C)(Oc1ccc(OCCc2ccc(N=Nc3ccc(Br)cc3)cc2)cc1)C(=O)O. The van der Waals surface area contributed by atoms with Crippen molar-refractivity contribution in [1.82, 2.24) is 0 Å². The number of ether oxygens (including phenoxy) is 2. The smallest absolute Gasteiger partial charge is 0.347 e. The summed E-state index contributed by atoms with van der Waals surface area (Å²) < 4.78 is 12.3. The van der Waals surface area contributed by atoms with E-state index in [-0.39, 0.29) is 0 Å². The summed E-state index contributed by atoms with van der Waals surface area (Å²) >= 11 is 3.40. The summed E-state index contributed by atoms with van der Waals surface area (Å²) in [7, 11) is 0. The lowest BCUT2D eigenvalue weighted by Crippen LogP contribution is -2.37. The Kier molecular flexibility index (Phi) is 7.41. The summed E-state index contributed by atoms with van der Waals surface area (Å²) in [5, 5.41) is 17.6. The van der Waals surface area contributed by atoms with Gasteiger partial charge in [-0.25, -0.2) is 4.79 Å². The van der Waals surface area contributed by atoms with Gasteiger partial charge in [0, 0.05) is 10.9 Å². The van der Waals surface area contributed by atoms with E-state index in [0.29, 0.717) is 18.1 Å². The van der Waals surface area contributed by atoms with Gasteiger partial charge in [-0.1, -0.05) is 28.1 Å². The minimum absolute atomic E-state index is 0.479. The average Bonchev–Trinajstić information content (AvgIpc) is 2.75. The lowest BCUT2D eigenvalue weighted by Gasteiger charge is -2.21. The monoisotopic (exact) mass is 482 g/mol. The van der Waals surface area contributed by atoms with Gasteiger partial charge in [-0.2, -0.15) is 10.2 Å². The molecule has 31 heavy (non-hydrogen) atoms. The summed E-state index contributed by atoms with van der Waals surface area (Å²) in [6.07, 6.45) is 0.744. The minimum atomic E-state index is -1.29. The van der Waals surface area contributed by atoms with E-state index in [1.807, 2.05) is 48.5 Å². The van der Waals surface area contributed by atoms with Crippen LogP contribution in [0.2, 0.25) is 0 Å². The van der Waals surface area contributed by atoms with Crippen molar-refractivity contribution in [2.75, 3.05) is 6.61 Å². The topological polar surface area (TPSA) is 80.5 Å². The van der Waals surface area contributed by atoms with Crippen LogP contribution in [0.25, 0.3) is 0 Å². The molecule has 6 nitrogen and oxygen atoms in total. The van der Waals surface area contributed by atoms with E-state index in [4.69, 9.17) is 14.6 Å². The largest absolute Gasteiger partial charge is 0.493 e. The number of nitrogens with zero attached hydrogens (tertiary/aromatic N) is 2. The molecule has 0 unspecified atom stereocenters. The van der Waals surface area contributed by atoms with Crippen LogP contribution >= 0.6 is 15.9 Å². The summed E-state index contributed by atoms with van der Waals surface area (Å²) in [5.74, 6) is 0.154. The molecule has 160 valence electrons. The van der Waals surface area contributed by atoms with E-state index in [0.717, 1.165) is 27.8 Å². The first-order chi connectivity index (χ1) is 14.8. The molecule has 3 rings (SSSR count). The molecule has 1 N–H and O–H groups in total. The second kappa shape index (κ2) is 10.2. The Morgan fingerprint density at radius 2 is 1.39 bits per heavy atom. The lowest BCUT2D eigenvalue weighted by molar-refractivity contribution is -0.152. The van der Waals surface area contributed by atoms with Gasteiger partial charge in [-0.3, -0.25) is 0 Å². The summed E-state index contributed by atoms with van der Waals surface area (Å²) in [5.41, 5.74) is 1.42. The van der Waals surface area contributed by atoms with Crippen molar-refractivity contribution in [2.45, 2.75) is 25.9 Å². The average molecular weight is 483 g/mol. The second-order valence-electron chi connectivity index (χ2n) is 7.33. The first-order valence-corrected chi connectivity index (χ1v) is 10.5. The second-order valence-corrected chi connectivity index (χ2v) is 8.25. The molecular formula is C24H23BrN2O4. The Bertz CT molecular complexity index is 1030. The Morgan fingerprint density at radius 3 is 1.94 bits per heavy atom. The third kappa shape index (κ3) is 6.93. The zero-order valence-electron chi connectivity index (χ0n) is 17.3. The molecule has 0 aliphatic rings. The molecule has 0 aliphatic carbocycles. The van der Waals surface area contributed by atoms with Crippen molar-refractivity contribution in [1.29, 1.82) is 0 Å². The molecule has 0 fully saturated rings. The predicted octanol–water partition coefficient (Wildman–Crippen LogP) is 6.73. The van der Waals surface area contributed by atoms with Crippen molar-refractivity contribution in [3.05, 3.63) is 82.8 Å². The van der Waals surface area contributed by atoms with Crippen molar-refractivity contribution in [2.24, 2.45) is 10.2 Å². The Hall–Kier alpha value is -3.19. The van der Waals surface area contributed by atoms with Crippen molar-refractivity contribution >= 4 is 33.3 Å². The van der Waals surface area contributed by atoms with Crippen LogP contribution in [0.3, 0.4) is 0 Å². The summed E-state index contributed by atoms with van der Waals surface area (Å²) in [4.78, 5) is 11.1. The molecule has 0 bridgehead atoms. The van der Waals surface area contributed by atoms with E-state index in [1.165, 1.54) is 13.8 Å². The van der Waals surface area contributed by atoms with Gasteiger partial charge in [0.1, 0.15) is 11.5 Å². The van der Waals surface area contributed by atoms with E-state index >= 15 is 0 Å². The van der Waals surface area contributed by atoms with Gasteiger partial charge >= 0.3 is 5.97 Å². The Balaban J connectivity index is 1.47. The van der Waals surface area contributed by atoms with E-state index in [2.05, 4.69) is 26.2 Å². The highest BCUT2D eigenvalue weighted by molar-refractivity contribution is 9.10. The van der Waals surface area contributed by atoms with E-state index < -0.39 is 11.6 Å². The van der Waals surface area contributed by atoms with Crippen molar-refractivity contribution < 1.29 is 19.4 Å². The zero-order valence-corrected chi connectivity index (χ0v) is 18.9. The number of carboxylic acid groups (broad SMARTS) is 1. The Labute approximate surface area is 189 Å². The third-order valence-corrected chi connectivity index (χ3v) is 4.94. The van der Waals surface area contributed by atoms with Crippen LogP contribution in [-0.4, -0.2) is 23.3 Å². The van der Waals surface area contributed by atoms with Gasteiger partial charge in [-0.15, -0.1) is 0 Å². The number of rotatable bonds is 9. The fraction of sp³-hybridized carbons (Fsp3) is 0.208. The maximum absolute atomic E-state index is 11.1. The number of halogens is 1. The Morgan fingerprint density at radius 1 is 0.871 bits per heavy atom. The van der Waals surface area contributed by atoms with E-state index in [1.54, 1.807) is 24.3 Å². The molecule has 0 aromatic heterocycles. The number of carbonyl (C=O) groups is 1. The molecule has 7 heteroatoms. The molecule has 0 spiro atoms. The lowest BCUT2D eigenvalue weighted by atomic mass is 10.1. The van der Waals surface area contributed by atoms with Crippen LogP contribution < -0.4 is 9.47 Å². The van der Waals surface area contributed by atoms with Gasteiger partial charge in [0.25, 0.3) is 0 Å². The number of azo groups is 1. The van der Waals surface area contributed by atoms with Gasteiger partial charge in [0.15, 0.2) is 5.60 Å². The van der Waals surface area contributed by atoms with Crippen LogP contribution in [0.4, 0.5) is 11.4 Å². The number of hydrogen-bond donors (Lipinski definition) is 1. The quantitative estimate of drug-likeness (QED) is 0.342. The third-order valence-electron chi connectivity index (χ3n) is 4.42. The maximum atomic E-state index is 11.1. The van der Waals surface area contributed by atoms with Crippen molar-refractivity contribution in [3.63, 3.8) is 0 Å². The molecular weight excluding hydrogens is 460 g/mol. The van der Waals surface area contributed by atoms with E-state index in [9.17, 15) is 4.79 Å². The molecule has 0 saturated heterocycles. The van der Waals surface area contributed by atoms with Crippen LogP contribution in [0, 0.1) is 0 Å². The summed E-state index contributed by atoms with van der Waals surface area (Å²) in [6, 6.07) is 22.4. The van der Waals surface area contributed by atoms with Gasteiger partial charge in [0.2, 0.25) is 0 Å². The molecule has 0 atom stereocenters. The normalized spacial score (nSPS) is 11.5. The summed E-state index contributed by atoms with van der Waals surface area (Å²) in [6.45, 7) is 3.53. The number of hydrogen-bond acceptors (Lipinski definition) is 5. The number of benzene rings is 3. The van der Waals surface area contributed by atoms with Crippen LogP contribution in [0.5, 0.6) is 11.5 Å². The highest BCUT2D eigenvalue weighted by Crippen LogP contribution is 2.23. The molecule has 0 heterocycles. The zero-order chi connectivity index (χ0) is 22.3. The first kappa shape index (κ1) is 22.5. The molecule has 0 radical (unpaired) electrons. The minimum Gasteiger partial charge on any atom is -0.493 e. The molecule has 3 aromatic rings. The fourth-order valence-corrected chi connectivity index (χ4v) is 2.85. The molecule has 0 aliphatic heterocycles. The molecule has 0 saturated carbocycles. The van der Waals surface area contributed by atoms with Gasteiger partial charge < -0.3 is 14.6 Å². The fourth-order valence-electron chi connectivity index (χ4n) is 2.58. The maximum Gasteiger partial charge on any atom is 0.347 e. The van der Waals surface area contributed by atoms with Crippen LogP contribution in [0.15, 0.2) is 87.5 Å². The predicted molar refractivity (Wildman–Crippen MR) is 123 cm³/mol. The van der Waals surface area contributed by atoms with Gasteiger partial charge in [0.05, 0.1) is 18.0 Å². The number of carboxylic acids is 1. The highest BCUT2D eigenvalue weighted by atomic mass is 79.9. The van der Waals surface area contributed by atoms with Crippen LogP contribution in [-0.2, 0) is 11.2 Å². The highest BCUT2D eigenvalue weighted by Gasteiger charge is 2.29. The standard InChI is InChI=1S/C24H23BrN2O4/c1-24(2,23(28)29)31-22-13-11-21(12-14-22)30-16-15-17-3-7-19(8-4-17)26-27-20-9-5-18(25)6-10-20/h3-14H,15-16H2,1-2H3,(H,28,29).